The number of hydrogen-bond donors (Lipinski definition) is 1. The first-order valence-electron chi connectivity index (χ1n) is 8.10. The topological polar surface area (TPSA) is 41.9 Å². The maximum atomic E-state index is 10.6. The second-order valence-corrected chi connectivity index (χ2v) is 7.11. The van der Waals surface area contributed by atoms with Crippen molar-refractivity contribution in [1.82, 2.24) is 4.90 Å². The summed E-state index contributed by atoms with van der Waals surface area (Å²) in [6.07, 6.45) is 5.54. The highest BCUT2D eigenvalue weighted by molar-refractivity contribution is 5.62. The van der Waals surface area contributed by atoms with Crippen molar-refractivity contribution in [2.75, 3.05) is 20.7 Å². The van der Waals surface area contributed by atoms with Gasteiger partial charge in [0.25, 0.3) is 0 Å². The number of likely N-dealkylation sites (tertiary alicyclic amines) is 1. The summed E-state index contributed by atoms with van der Waals surface area (Å²) < 4.78 is 11.8. The number of benzene rings is 1. The van der Waals surface area contributed by atoms with Crippen molar-refractivity contribution in [3.05, 3.63) is 35.4 Å². The number of aliphatic hydroxyl groups excluding tert-OH is 1. The Morgan fingerprint density at radius 2 is 2.23 bits per heavy atom. The average molecular weight is 299 g/mol. The molecule has 4 aliphatic rings. The summed E-state index contributed by atoms with van der Waals surface area (Å²) in [6.45, 7) is 1.05. The van der Waals surface area contributed by atoms with Crippen LogP contribution in [-0.2, 0) is 11.8 Å². The molecule has 22 heavy (non-hydrogen) atoms. The van der Waals surface area contributed by atoms with Gasteiger partial charge in [0, 0.05) is 22.9 Å². The predicted molar refractivity (Wildman–Crippen MR) is 82.5 cm³/mol. The minimum atomic E-state index is -0.539. The molecule has 0 unspecified atom stereocenters. The Hall–Kier alpha value is -1.52. The largest absolute Gasteiger partial charge is 0.493 e. The van der Waals surface area contributed by atoms with E-state index in [-0.39, 0.29) is 11.5 Å². The number of ether oxygens (including phenoxy) is 2. The van der Waals surface area contributed by atoms with E-state index in [1.54, 1.807) is 7.11 Å². The van der Waals surface area contributed by atoms with Gasteiger partial charge in [-0.25, -0.2) is 0 Å². The molecular formula is C18H21NO3. The minimum absolute atomic E-state index is 0.0806. The molecule has 1 saturated heterocycles. The molecule has 1 aromatic rings. The summed E-state index contributed by atoms with van der Waals surface area (Å²) in [7, 11) is 3.91. The van der Waals surface area contributed by atoms with Crippen LogP contribution in [0.5, 0.6) is 11.5 Å². The maximum absolute atomic E-state index is 10.6. The third-order valence-corrected chi connectivity index (χ3v) is 6.35. The third kappa shape index (κ3) is 1.28. The van der Waals surface area contributed by atoms with E-state index in [2.05, 4.69) is 24.1 Å². The van der Waals surface area contributed by atoms with Gasteiger partial charge in [-0.3, -0.25) is 0 Å². The fourth-order valence-electron chi connectivity index (χ4n) is 5.39. The molecule has 4 nitrogen and oxygen atoms in total. The molecule has 2 aliphatic heterocycles. The van der Waals surface area contributed by atoms with E-state index in [0.717, 1.165) is 30.9 Å². The molecule has 1 fully saturated rings. The smallest absolute Gasteiger partial charge is 0.165 e. The van der Waals surface area contributed by atoms with Gasteiger partial charge in [0.15, 0.2) is 11.5 Å². The monoisotopic (exact) mass is 299 g/mol. The molecule has 5 rings (SSSR count). The molecule has 4 heteroatoms. The second-order valence-electron chi connectivity index (χ2n) is 7.11. The van der Waals surface area contributed by atoms with Crippen LogP contribution in [0.4, 0.5) is 0 Å². The highest BCUT2D eigenvalue weighted by Gasteiger charge is 2.64. The van der Waals surface area contributed by atoms with Crippen LogP contribution in [-0.4, -0.2) is 49.0 Å². The summed E-state index contributed by atoms with van der Waals surface area (Å²) >= 11 is 0. The lowest BCUT2D eigenvalue weighted by Crippen LogP contribution is -2.64. The van der Waals surface area contributed by atoms with Crippen molar-refractivity contribution >= 4 is 0 Å². The molecular weight excluding hydrogens is 278 g/mol. The van der Waals surface area contributed by atoms with Gasteiger partial charge >= 0.3 is 0 Å². The molecule has 1 N–H and O–H groups in total. The van der Waals surface area contributed by atoms with E-state index in [0.29, 0.717) is 12.0 Å². The third-order valence-electron chi connectivity index (χ3n) is 6.35. The summed E-state index contributed by atoms with van der Waals surface area (Å²) in [6, 6.07) is 4.70. The van der Waals surface area contributed by atoms with Gasteiger partial charge < -0.3 is 19.5 Å². The van der Waals surface area contributed by atoms with Crippen LogP contribution in [0.3, 0.4) is 0 Å². The molecule has 1 aromatic carbocycles. The van der Waals surface area contributed by atoms with E-state index in [4.69, 9.17) is 9.47 Å². The van der Waals surface area contributed by atoms with Gasteiger partial charge in [0.1, 0.15) is 12.2 Å². The molecule has 2 bridgehead atoms. The number of hydrogen-bond acceptors (Lipinski definition) is 4. The Bertz CT molecular complexity index is 685. The van der Waals surface area contributed by atoms with Gasteiger partial charge in [-0.15, -0.1) is 0 Å². The van der Waals surface area contributed by atoms with Crippen LogP contribution in [0, 0.1) is 5.92 Å². The normalized spacial score (nSPS) is 41.0. The standard InChI is InChI=1S/C18H21NO3/c1-19-8-7-18-11-4-5-13(20)17(18)22-16-14(21-2)6-3-10(15(16)18)9-12(11)19/h3-6,11-13,17,20H,7-9H2,1-2H3/t11-,12-,13+,17-,18+/m1/s1. The van der Waals surface area contributed by atoms with Gasteiger partial charge in [0.2, 0.25) is 0 Å². The molecule has 1 spiro atoms. The van der Waals surface area contributed by atoms with Gasteiger partial charge in [-0.05, 0) is 38.1 Å². The molecule has 5 atom stereocenters. The van der Waals surface area contributed by atoms with Crippen LogP contribution in [0.15, 0.2) is 24.3 Å². The van der Waals surface area contributed by atoms with Crippen molar-refractivity contribution in [3.63, 3.8) is 0 Å². The zero-order chi connectivity index (χ0) is 15.1. The highest BCUT2D eigenvalue weighted by atomic mass is 16.5. The molecule has 2 heterocycles. The molecule has 0 amide bonds. The van der Waals surface area contributed by atoms with Crippen molar-refractivity contribution in [2.24, 2.45) is 5.92 Å². The van der Waals surface area contributed by atoms with Crippen LogP contribution in [0.2, 0.25) is 0 Å². The van der Waals surface area contributed by atoms with E-state index in [9.17, 15) is 5.11 Å². The lowest BCUT2D eigenvalue weighted by molar-refractivity contribution is -0.0453. The lowest BCUT2D eigenvalue weighted by Gasteiger charge is -2.56. The van der Waals surface area contributed by atoms with Crippen LogP contribution in [0.25, 0.3) is 0 Å². The average Bonchev–Trinajstić information content (AvgIpc) is 2.88. The summed E-state index contributed by atoms with van der Waals surface area (Å²) in [5.74, 6) is 2.09. The first-order valence-corrected chi connectivity index (χ1v) is 8.10. The quantitative estimate of drug-likeness (QED) is 0.798. The maximum Gasteiger partial charge on any atom is 0.165 e. The van der Waals surface area contributed by atoms with E-state index < -0.39 is 6.10 Å². The van der Waals surface area contributed by atoms with Gasteiger partial charge in [0.05, 0.1) is 7.11 Å². The Morgan fingerprint density at radius 3 is 3.05 bits per heavy atom. The zero-order valence-electron chi connectivity index (χ0n) is 13.0. The number of nitrogens with zero attached hydrogens (tertiary/aromatic N) is 1. The molecule has 116 valence electrons. The summed E-state index contributed by atoms with van der Waals surface area (Å²) in [5.41, 5.74) is 2.60. The molecule has 2 aliphatic carbocycles. The highest BCUT2D eigenvalue weighted by Crippen LogP contribution is 2.62. The van der Waals surface area contributed by atoms with E-state index in [1.807, 2.05) is 12.1 Å². The van der Waals surface area contributed by atoms with Crippen LogP contribution < -0.4 is 9.47 Å². The van der Waals surface area contributed by atoms with Crippen molar-refractivity contribution in [3.8, 4) is 11.5 Å². The van der Waals surface area contributed by atoms with Gasteiger partial charge in [-0.2, -0.15) is 0 Å². The van der Waals surface area contributed by atoms with Crippen molar-refractivity contribution in [2.45, 2.75) is 36.5 Å². The summed E-state index contributed by atoms with van der Waals surface area (Å²) in [4.78, 5) is 2.47. The Kier molecular flexibility index (Phi) is 2.39. The summed E-state index contributed by atoms with van der Waals surface area (Å²) in [5, 5.41) is 10.6. The van der Waals surface area contributed by atoms with E-state index >= 15 is 0 Å². The molecule has 0 saturated carbocycles. The first-order chi connectivity index (χ1) is 10.7. The number of rotatable bonds is 1. The van der Waals surface area contributed by atoms with Crippen LogP contribution in [0.1, 0.15) is 17.5 Å². The predicted octanol–water partition coefficient (Wildman–Crippen LogP) is 1.50. The zero-order valence-corrected chi connectivity index (χ0v) is 13.0. The van der Waals surface area contributed by atoms with E-state index in [1.165, 1.54) is 11.1 Å². The SMILES string of the molecule is COc1ccc2c3c1O[C@@H]1[C@@H](O)C=C[C@@H]4[C@@H](C2)N(C)CC[C@@]341. The minimum Gasteiger partial charge on any atom is -0.493 e. The fourth-order valence-corrected chi connectivity index (χ4v) is 5.39. The van der Waals surface area contributed by atoms with Gasteiger partial charge in [-0.1, -0.05) is 18.2 Å². The number of likely N-dealkylation sites (N-methyl/N-ethyl adjacent to an activating group) is 1. The lowest BCUT2D eigenvalue weighted by atomic mass is 9.53. The number of methoxy groups -OCH3 is 1. The van der Waals surface area contributed by atoms with Crippen LogP contribution >= 0.6 is 0 Å². The number of piperidine rings is 1. The Labute approximate surface area is 130 Å². The Balaban J connectivity index is 1.82. The Morgan fingerprint density at radius 1 is 1.36 bits per heavy atom. The fraction of sp³-hybridized carbons (Fsp3) is 0.556. The number of aliphatic hydroxyl groups is 1. The molecule has 0 aromatic heterocycles. The van der Waals surface area contributed by atoms with Crippen molar-refractivity contribution in [1.29, 1.82) is 0 Å². The second kappa shape index (κ2) is 4.06. The van der Waals surface area contributed by atoms with Crippen molar-refractivity contribution < 1.29 is 14.6 Å². The molecule has 0 radical (unpaired) electrons. The first kappa shape index (κ1) is 13.0.